The van der Waals surface area contributed by atoms with Crippen LogP contribution < -0.4 is 5.32 Å². The maximum absolute atomic E-state index is 11.6. The van der Waals surface area contributed by atoms with Crippen molar-refractivity contribution in [3.63, 3.8) is 0 Å². The molecule has 0 atom stereocenters. The lowest BCUT2D eigenvalue weighted by molar-refractivity contribution is -0.143. The molecule has 0 saturated heterocycles. The highest BCUT2D eigenvalue weighted by Crippen LogP contribution is 2.45. The summed E-state index contributed by atoms with van der Waals surface area (Å²) < 4.78 is 1.53. The first kappa shape index (κ1) is 10.7. The van der Waals surface area contributed by atoms with E-state index in [9.17, 15) is 9.59 Å². The monoisotopic (exact) mass is 223 g/mol. The summed E-state index contributed by atoms with van der Waals surface area (Å²) in [4.78, 5) is 22.4. The number of carbonyl (C=O) groups is 2. The van der Waals surface area contributed by atoms with Crippen molar-refractivity contribution in [2.45, 2.75) is 12.8 Å². The van der Waals surface area contributed by atoms with E-state index < -0.39 is 11.4 Å². The number of carboxylic acid groups (broad SMARTS) is 1. The maximum Gasteiger partial charge on any atom is 0.311 e. The number of aromatic nitrogens is 2. The van der Waals surface area contributed by atoms with Crippen molar-refractivity contribution >= 4 is 11.9 Å². The van der Waals surface area contributed by atoms with Crippen molar-refractivity contribution in [1.29, 1.82) is 0 Å². The third kappa shape index (κ3) is 1.91. The minimum Gasteiger partial charge on any atom is -0.481 e. The fourth-order valence-electron chi connectivity index (χ4n) is 1.49. The van der Waals surface area contributed by atoms with Crippen LogP contribution in [0.15, 0.2) is 12.3 Å². The summed E-state index contributed by atoms with van der Waals surface area (Å²) in [5, 5.41) is 15.5. The Hall–Kier alpha value is -1.85. The molecule has 6 heteroatoms. The molecule has 0 bridgehead atoms. The van der Waals surface area contributed by atoms with Gasteiger partial charge in [0.25, 0.3) is 5.91 Å². The molecule has 6 nitrogen and oxygen atoms in total. The second-order valence-corrected chi connectivity index (χ2v) is 4.14. The van der Waals surface area contributed by atoms with E-state index in [0.29, 0.717) is 18.5 Å². The molecule has 1 saturated carbocycles. The van der Waals surface area contributed by atoms with Crippen LogP contribution in [0.2, 0.25) is 0 Å². The van der Waals surface area contributed by atoms with E-state index in [1.54, 1.807) is 19.3 Å². The molecule has 0 spiro atoms. The van der Waals surface area contributed by atoms with Gasteiger partial charge in [-0.3, -0.25) is 14.3 Å². The van der Waals surface area contributed by atoms with E-state index in [2.05, 4.69) is 10.4 Å². The summed E-state index contributed by atoms with van der Waals surface area (Å²) in [5.74, 6) is -1.16. The van der Waals surface area contributed by atoms with Gasteiger partial charge in [-0.15, -0.1) is 0 Å². The van der Waals surface area contributed by atoms with Crippen LogP contribution in [-0.4, -0.2) is 33.3 Å². The van der Waals surface area contributed by atoms with Gasteiger partial charge in [0.05, 0.1) is 5.41 Å². The second-order valence-electron chi connectivity index (χ2n) is 4.14. The summed E-state index contributed by atoms with van der Waals surface area (Å²) in [6, 6.07) is 1.59. The Morgan fingerprint density at radius 3 is 2.75 bits per heavy atom. The standard InChI is InChI=1S/C10H13N3O3/c1-13-5-2-7(12-13)8(14)11-6-10(3-4-10)9(15)16/h2,5H,3-4,6H2,1H3,(H,11,14)(H,15,16). The lowest BCUT2D eigenvalue weighted by Crippen LogP contribution is -2.34. The van der Waals surface area contributed by atoms with E-state index in [-0.39, 0.29) is 12.5 Å². The van der Waals surface area contributed by atoms with Gasteiger partial charge < -0.3 is 10.4 Å². The Bertz CT molecular complexity index is 434. The van der Waals surface area contributed by atoms with E-state index in [1.165, 1.54) is 4.68 Å². The Kier molecular flexibility index (Phi) is 2.41. The Morgan fingerprint density at radius 1 is 1.62 bits per heavy atom. The summed E-state index contributed by atoms with van der Waals surface area (Å²) in [7, 11) is 1.72. The van der Waals surface area contributed by atoms with Crippen LogP contribution in [0, 0.1) is 5.41 Å². The van der Waals surface area contributed by atoms with E-state index in [0.717, 1.165) is 0 Å². The van der Waals surface area contributed by atoms with Crippen molar-refractivity contribution in [2.75, 3.05) is 6.54 Å². The molecule has 1 aromatic rings. The molecule has 1 heterocycles. The predicted molar refractivity (Wildman–Crippen MR) is 54.8 cm³/mol. The highest BCUT2D eigenvalue weighted by Gasteiger charge is 2.50. The van der Waals surface area contributed by atoms with Crippen LogP contribution in [-0.2, 0) is 11.8 Å². The largest absolute Gasteiger partial charge is 0.481 e. The van der Waals surface area contributed by atoms with E-state index in [4.69, 9.17) is 5.11 Å². The summed E-state index contributed by atoms with van der Waals surface area (Å²) in [6.07, 6.45) is 2.93. The molecule has 2 rings (SSSR count). The molecule has 0 unspecified atom stereocenters. The van der Waals surface area contributed by atoms with Gasteiger partial charge in [-0.1, -0.05) is 0 Å². The predicted octanol–water partition coefficient (Wildman–Crippen LogP) is 0.0147. The smallest absolute Gasteiger partial charge is 0.311 e. The van der Waals surface area contributed by atoms with Gasteiger partial charge in [-0.2, -0.15) is 5.10 Å². The van der Waals surface area contributed by atoms with E-state index in [1.807, 2.05) is 0 Å². The number of hydrogen-bond donors (Lipinski definition) is 2. The van der Waals surface area contributed by atoms with Gasteiger partial charge >= 0.3 is 5.97 Å². The van der Waals surface area contributed by atoms with Crippen LogP contribution >= 0.6 is 0 Å². The Morgan fingerprint density at radius 2 is 2.31 bits per heavy atom. The third-order valence-electron chi connectivity index (χ3n) is 2.84. The third-order valence-corrected chi connectivity index (χ3v) is 2.84. The van der Waals surface area contributed by atoms with E-state index >= 15 is 0 Å². The molecule has 86 valence electrons. The van der Waals surface area contributed by atoms with Crippen LogP contribution in [0.25, 0.3) is 0 Å². The molecule has 1 fully saturated rings. The maximum atomic E-state index is 11.6. The fraction of sp³-hybridized carbons (Fsp3) is 0.500. The first-order valence-electron chi connectivity index (χ1n) is 5.05. The topological polar surface area (TPSA) is 84.2 Å². The minimum atomic E-state index is -0.839. The number of nitrogens with one attached hydrogen (secondary N) is 1. The van der Waals surface area contributed by atoms with Crippen molar-refractivity contribution in [3.05, 3.63) is 18.0 Å². The van der Waals surface area contributed by atoms with Gasteiger partial charge in [-0.25, -0.2) is 0 Å². The molecule has 0 radical (unpaired) electrons. The molecule has 16 heavy (non-hydrogen) atoms. The molecule has 1 aliphatic carbocycles. The molecule has 1 aliphatic rings. The number of hydrogen-bond acceptors (Lipinski definition) is 3. The number of rotatable bonds is 4. The quantitative estimate of drug-likeness (QED) is 0.753. The highest BCUT2D eigenvalue weighted by atomic mass is 16.4. The molecule has 0 aromatic carbocycles. The Balaban J connectivity index is 1.92. The molecular weight excluding hydrogens is 210 g/mol. The number of aryl methyl sites for hydroxylation is 1. The van der Waals surface area contributed by atoms with Gasteiger partial charge in [0.15, 0.2) is 0 Å². The first-order valence-corrected chi connectivity index (χ1v) is 5.05. The van der Waals surface area contributed by atoms with Crippen molar-refractivity contribution in [3.8, 4) is 0 Å². The summed E-state index contributed by atoms with van der Waals surface area (Å²) in [6.45, 7) is 0.178. The number of amides is 1. The molecule has 1 amide bonds. The average Bonchev–Trinajstić information content (AvgIpc) is 2.92. The average molecular weight is 223 g/mol. The first-order chi connectivity index (χ1) is 7.53. The van der Waals surface area contributed by atoms with Crippen molar-refractivity contribution in [1.82, 2.24) is 15.1 Å². The molecular formula is C10H13N3O3. The minimum absolute atomic E-state index is 0.178. The van der Waals surface area contributed by atoms with Crippen molar-refractivity contribution < 1.29 is 14.7 Å². The number of carbonyl (C=O) groups excluding carboxylic acids is 1. The SMILES string of the molecule is Cn1ccc(C(=O)NCC2(C(=O)O)CC2)n1. The second kappa shape index (κ2) is 3.62. The van der Waals surface area contributed by atoms with Gasteiger partial charge in [0, 0.05) is 19.8 Å². The number of aliphatic carboxylic acids is 1. The van der Waals surface area contributed by atoms with Gasteiger partial charge in [0.1, 0.15) is 5.69 Å². The zero-order valence-corrected chi connectivity index (χ0v) is 8.93. The molecule has 0 aliphatic heterocycles. The van der Waals surface area contributed by atoms with Crippen LogP contribution in [0.3, 0.4) is 0 Å². The lowest BCUT2D eigenvalue weighted by atomic mass is 10.1. The number of nitrogens with zero attached hydrogens (tertiary/aromatic N) is 2. The summed E-state index contributed by atoms with van der Waals surface area (Å²) >= 11 is 0. The fourth-order valence-corrected chi connectivity index (χ4v) is 1.49. The Labute approximate surface area is 92.3 Å². The molecule has 1 aromatic heterocycles. The van der Waals surface area contributed by atoms with Gasteiger partial charge in [0.2, 0.25) is 0 Å². The van der Waals surface area contributed by atoms with Crippen LogP contribution in [0.5, 0.6) is 0 Å². The zero-order chi connectivity index (χ0) is 11.8. The van der Waals surface area contributed by atoms with Crippen LogP contribution in [0.1, 0.15) is 23.3 Å². The van der Waals surface area contributed by atoms with Crippen LogP contribution in [0.4, 0.5) is 0 Å². The normalized spacial score (nSPS) is 16.8. The molecule has 2 N–H and O–H groups in total. The zero-order valence-electron chi connectivity index (χ0n) is 8.93. The highest BCUT2D eigenvalue weighted by molar-refractivity contribution is 5.92. The van der Waals surface area contributed by atoms with Crippen molar-refractivity contribution in [2.24, 2.45) is 12.5 Å². The lowest BCUT2D eigenvalue weighted by Gasteiger charge is -2.09. The summed E-state index contributed by atoms with van der Waals surface area (Å²) in [5.41, 5.74) is -0.423. The van der Waals surface area contributed by atoms with Gasteiger partial charge in [-0.05, 0) is 18.9 Å². The number of carboxylic acids is 1.